The van der Waals surface area contributed by atoms with Crippen LogP contribution in [0, 0.1) is 5.92 Å². The Kier molecular flexibility index (Phi) is 5.13. The zero-order valence-corrected chi connectivity index (χ0v) is 10.6. The molecule has 3 nitrogen and oxygen atoms in total. The summed E-state index contributed by atoms with van der Waals surface area (Å²) in [5.41, 5.74) is 1.69. The Balaban J connectivity index is 2.87. The van der Waals surface area contributed by atoms with Crippen molar-refractivity contribution >= 4 is 11.8 Å². The second-order valence-corrected chi connectivity index (χ2v) is 4.26. The molecular formula is C14H20O3. The third-order valence-corrected chi connectivity index (χ3v) is 3.16. The molecule has 0 fully saturated rings. The van der Waals surface area contributed by atoms with E-state index in [1.807, 2.05) is 6.92 Å². The number of carbonyl (C=O) groups excluding carboxylic acids is 2. The number of esters is 1. The number of ether oxygens (including phenoxy) is 1. The van der Waals surface area contributed by atoms with Crippen molar-refractivity contribution in [2.45, 2.75) is 39.5 Å². The smallest absolute Gasteiger partial charge is 0.313 e. The lowest BCUT2D eigenvalue weighted by atomic mass is 9.81. The fraction of sp³-hybridized carbons (Fsp3) is 0.571. The number of ketones is 1. The third kappa shape index (κ3) is 3.29. The first kappa shape index (κ1) is 13.7. The molecule has 0 aromatic rings. The maximum Gasteiger partial charge on any atom is 0.313 e. The van der Waals surface area contributed by atoms with Crippen LogP contribution in [0.3, 0.4) is 0 Å². The molecule has 0 aromatic carbocycles. The van der Waals surface area contributed by atoms with E-state index in [1.165, 1.54) is 0 Å². The highest BCUT2D eigenvalue weighted by Crippen LogP contribution is 2.31. The first-order valence-electron chi connectivity index (χ1n) is 6.12. The summed E-state index contributed by atoms with van der Waals surface area (Å²) in [6.07, 6.45) is 4.29. The zero-order valence-electron chi connectivity index (χ0n) is 10.6. The van der Waals surface area contributed by atoms with Gasteiger partial charge in [0.05, 0.1) is 12.5 Å². The first-order chi connectivity index (χ1) is 8.11. The Labute approximate surface area is 103 Å². The van der Waals surface area contributed by atoms with Gasteiger partial charge in [0.15, 0.2) is 5.78 Å². The quantitative estimate of drug-likeness (QED) is 0.544. The summed E-state index contributed by atoms with van der Waals surface area (Å²) in [4.78, 5) is 23.5. The Morgan fingerprint density at radius 1 is 1.59 bits per heavy atom. The summed E-state index contributed by atoms with van der Waals surface area (Å²) < 4.78 is 5.04. The number of allylic oxidation sites excluding steroid dienone is 2. The standard InChI is InChI=1S/C14H20O3/c1-4-6-7-11-10(3)12(8-9-13(11)15)14(16)17-5-2/h4,12H,1,5-9H2,2-3H3. The molecule has 1 unspecified atom stereocenters. The summed E-state index contributed by atoms with van der Waals surface area (Å²) in [6.45, 7) is 7.71. The van der Waals surface area contributed by atoms with Gasteiger partial charge in [0.1, 0.15) is 0 Å². The number of hydrogen-bond acceptors (Lipinski definition) is 3. The first-order valence-corrected chi connectivity index (χ1v) is 6.12. The molecule has 1 aliphatic carbocycles. The van der Waals surface area contributed by atoms with Gasteiger partial charge >= 0.3 is 5.97 Å². The predicted molar refractivity (Wildman–Crippen MR) is 66.5 cm³/mol. The largest absolute Gasteiger partial charge is 0.466 e. The monoisotopic (exact) mass is 236 g/mol. The van der Waals surface area contributed by atoms with Crippen molar-refractivity contribution in [3.8, 4) is 0 Å². The van der Waals surface area contributed by atoms with Gasteiger partial charge in [-0.3, -0.25) is 9.59 Å². The van der Waals surface area contributed by atoms with E-state index in [-0.39, 0.29) is 17.7 Å². The fourth-order valence-electron chi connectivity index (χ4n) is 2.19. The van der Waals surface area contributed by atoms with Crippen molar-refractivity contribution in [1.82, 2.24) is 0 Å². The minimum atomic E-state index is -0.229. The van der Waals surface area contributed by atoms with E-state index in [0.29, 0.717) is 25.9 Å². The van der Waals surface area contributed by atoms with Gasteiger partial charge in [-0.15, -0.1) is 6.58 Å². The van der Waals surface area contributed by atoms with E-state index < -0.39 is 0 Å². The van der Waals surface area contributed by atoms with E-state index >= 15 is 0 Å². The highest BCUT2D eigenvalue weighted by molar-refractivity contribution is 5.98. The molecule has 0 amide bonds. The Hall–Kier alpha value is -1.38. The molecule has 0 heterocycles. The lowest BCUT2D eigenvalue weighted by molar-refractivity contribution is -0.147. The molecule has 0 bridgehead atoms. The minimum Gasteiger partial charge on any atom is -0.466 e. The van der Waals surface area contributed by atoms with E-state index in [9.17, 15) is 9.59 Å². The molecule has 17 heavy (non-hydrogen) atoms. The molecule has 0 spiro atoms. The summed E-state index contributed by atoms with van der Waals surface area (Å²) in [7, 11) is 0. The van der Waals surface area contributed by atoms with Gasteiger partial charge in [-0.2, -0.15) is 0 Å². The number of rotatable bonds is 5. The zero-order chi connectivity index (χ0) is 12.8. The molecule has 1 atom stereocenters. The lowest BCUT2D eigenvalue weighted by Gasteiger charge is -2.24. The third-order valence-electron chi connectivity index (χ3n) is 3.16. The van der Waals surface area contributed by atoms with E-state index in [0.717, 1.165) is 17.6 Å². The van der Waals surface area contributed by atoms with E-state index in [2.05, 4.69) is 6.58 Å². The Morgan fingerprint density at radius 3 is 2.88 bits per heavy atom. The number of carbonyl (C=O) groups is 2. The van der Waals surface area contributed by atoms with Crippen LogP contribution in [-0.4, -0.2) is 18.4 Å². The summed E-state index contributed by atoms with van der Waals surface area (Å²) >= 11 is 0. The van der Waals surface area contributed by atoms with E-state index in [1.54, 1.807) is 13.0 Å². The van der Waals surface area contributed by atoms with Crippen LogP contribution >= 0.6 is 0 Å². The van der Waals surface area contributed by atoms with Gasteiger partial charge in [-0.1, -0.05) is 11.6 Å². The van der Waals surface area contributed by atoms with Crippen molar-refractivity contribution < 1.29 is 14.3 Å². The van der Waals surface area contributed by atoms with Crippen molar-refractivity contribution in [2.24, 2.45) is 5.92 Å². The van der Waals surface area contributed by atoms with Crippen molar-refractivity contribution in [3.63, 3.8) is 0 Å². The normalized spacial score (nSPS) is 20.4. The van der Waals surface area contributed by atoms with E-state index in [4.69, 9.17) is 4.74 Å². The SMILES string of the molecule is C=CCCC1=C(C)C(C(=O)OCC)CCC1=O. The van der Waals surface area contributed by atoms with Gasteiger partial charge in [-0.25, -0.2) is 0 Å². The predicted octanol–water partition coefficient (Wildman–Crippen LogP) is 2.81. The molecule has 0 N–H and O–H groups in total. The minimum absolute atomic E-state index is 0.171. The maximum atomic E-state index is 11.8. The summed E-state index contributed by atoms with van der Waals surface area (Å²) in [5.74, 6) is -0.258. The Morgan fingerprint density at radius 2 is 2.29 bits per heavy atom. The fourth-order valence-corrected chi connectivity index (χ4v) is 2.19. The van der Waals surface area contributed by atoms with Gasteiger partial charge in [0, 0.05) is 6.42 Å². The second kappa shape index (κ2) is 6.38. The average Bonchev–Trinajstić information content (AvgIpc) is 2.29. The topological polar surface area (TPSA) is 43.4 Å². The molecule has 1 aliphatic rings. The highest BCUT2D eigenvalue weighted by Gasteiger charge is 2.30. The molecular weight excluding hydrogens is 216 g/mol. The van der Waals surface area contributed by atoms with Gasteiger partial charge in [0.25, 0.3) is 0 Å². The van der Waals surface area contributed by atoms with Crippen LogP contribution in [0.5, 0.6) is 0 Å². The number of Topliss-reactive ketones (excluding diaryl/α,β-unsaturated/α-hetero) is 1. The van der Waals surface area contributed by atoms with Crippen molar-refractivity contribution in [2.75, 3.05) is 6.61 Å². The van der Waals surface area contributed by atoms with Crippen LogP contribution < -0.4 is 0 Å². The summed E-state index contributed by atoms with van der Waals surface area (Å²) in [6, 6.07) is 0. The Bertz CT molecular complexity index is 352. The van der Waals surface area contributed by atoms with Gasteiger partial charge in [0.2, 0.25) is 0 Å². The molecule has 0 aliphatic heterocycles. The van der Waals surface area contributed by atoms with Crippen LogP contribution in [0.2, 0.25) is 0 Å². The van der Waals surface area contributed by atoms with Crippen LogP contribution in [-0.2, 0) is 14.3 Å². The van der Waals surface area contributed by atoms with Crippen LogP contribution in [0.25, 0.3) is 0 Å². The molecule has 1 rings (SSSR count). The number of hydrogen-bond donors (Lipinski definition) is 0. The summed E-state index contributed by atoms with van der Waals surface area (Å²) in [5, 5.41) is 0. The van der Waals surface area contributed by atoms with Crippen molar-refractivity contribution in [3.05, 3.63) is 23.8 Å². The molecule has 0 radical (unpaired) electrons. The molecule has 94 valence electrons. The van der Waals surface area contributed by atoms with Gasteiger partial charge < -0.3 is 4.74 Å². The van der Waals surface area contributed by atoms with Gasteiger partial charge in [-0.05, 0) is 38.7 Å². The highest BCUT2D eigenvalue weighted by atomic mass is 16.5. The molecule has 0 saturated heterocycles. The van der Waals surface area contributed by atoms with Crippen molar-refractivity contribution in [1.29, 1.82) is 0 Å². The van der Waals surface area contributed by atoms with Crippen LogP contribution in [0.15, 0.2) is 23.8 Å². The second-order valence-electron chi connectivity index (χ2n) is 4.26. The van der Waals surface area contributed by atoms with Crippen LogP contribution in [0.4, 0.5) is 0 Å². The average molecular weight is 236 g/mol. The maximum absolute atomic E-state index is 11.8. The molecule has 0 aromatic heterocycles. The van der Waals surface area contributed by atoms with Crippen LogP contribution in [0.1, 0.15) is 39.5 Å². The molecule has 3 heteroatoms. The lowest BCUT2D eigenvalue weighted by Crippen LogP contribution is -2.26. The molecule has 0 saturated carbocycles.